The van der Waals surface area contributed by atoms with Crippen LogP contribution in [0, 0.1) is 0 Å². The highest BCUT2D eigenvalue weighted by atomic mass is 79.9. The van der Waals surface area contributed by atoms with Crippen molar-refractivity contribution >= 4 is 42.4 Å². The first-order valence-corrected chi connectivity index (χ1v) is 3.42. The van der Waals surface area contributed by atoms with E-state index >= 15 is 0 Å². The fourth-order valence-corrected chi connectivity index (χ4v) is 0.750. The van der Waals surface area contributed by atoms with Gasteiger partial charge in [-0.15, -0.1) is 17.0 Å². The highest BCUT2D eigenvalue weighted by Gasteiger charge is 2.28. The monoisotopic (exact) mass is 213 g/mol. The zero-order valence-corrected chi connectivity index (χ0v) is 9.08. The number of rotatable bonds is 0. The predicted octanol–water partition coefficient (Wildman–Crippen LogP) is 0.667. The van der Waals surface area contributed by atoms with Gasteiger partial charge in [0.1, 0.15) is 0 Å². The summed E-state index contributed by atoms with van der Waals surface area (Å²) in [6, 6.07) is 10.3. The Morgan fingerprint density at radius 3 is 1.70 bits per heavy atom. The van der Waals surface area contributed by atoms with Gasteiger partial charge in [-0.05, 0) is 0 Å². The maximum atomic E-state index is 7.00. The third kappa shape index (κ3) is 6.54. The van der Waals surface area contributed by atoms with E-state index in [1.54, 1.807) is 0 Å². The number of benzene rings is 1. The summed E-state index contributed by atoms with van der Waals surface area (Å²) in [4.78, 5) is 0. The number of halogens is 1. The molecule has 0 fully saturated rings. The molecule has 0 amide bonds. The van der Waals surface area contributed by atoms with Gasteiger partial charge in [-0.3, -0.25) is 0 Å². The lowest BCUT2D eigenvalue weighted by atomic mass is 10.4. The van der Waals surface area contributed by atoms with Gasteiger partial charge in [0.25, 0.3) is 0 Å². The Bertz CT molecular complexity index is 144. The Balaban J connectivity index is 0. The molecule has 1 aromatic carbocycles. The number of hydrogen-bond donors (Lipinski definition) is 1. The highest BCUT2D eigenvalue weighted by Crippen LogP contribution is 1.76. The van der Waals surface area contributed by atoms with Gasteiger partial charge < -0.3 is 5.11 Å². The molecule has 0 aliphatic heterocycles. The summed E-state index contributed by atoms with van der Waals surface area (Å²) < 4.78 is 1.35. The predicted molar refractivity (Wildman–Crippen MR) is 50.3 cm³/mol. The molecule has 0 aromatic heterocycles. The molecule has 3 heteroatoms. The fraction of sp³-hybridized carbons (Fsp3) is 0.143. The van der Waals surface area contributed by atoms with E-state index in [1.165, 1.54) is 3.69 Å². The summed E-state index contributed by atoms with van der Waals surface area (Å²) in [5, 5.41) is 7.00. The van der Waals surface area contributed by atoms with Crippen LogP contribution in [0.25, 0.3) is 0 Å². The van der Waals surface area contributed by atoms with Crippen molar-refractivity contribution in [1.29, 1.82) is 0 Å². The van der Waals surface area contributed by atoms with Crippen molar-refractivity contribution in [1.82, 2.24) is 0 Å². The highest BCUT2D eigenvalue weighted by molar-refractivity contribution is 8.93. The minimum atomic E-state index is 0. The third-order valence-electron chi connectivity index (χ3n) is 0.843. The average Bonchev–Trinajstić information content (AvgIpc) is 1.94. The summed E-state index contributed by atoms with van der Waals surface area (Å²) in [5.74, 6) is 0. The van der Waals surface area contributed by atoms with Crippen molar-refractivity contribution in [2.24, 2.45) is 0 Å². The normalized spacial score (nSPS) is 6.70. The number of aliphatic hydroxyl groups excluding tert-OH is 1. The van der Waals surface area contributed by atoms with Crippen LogP contribution in [0.5, 0.6) is 0 Å². The molecule has 0 spiro atoms. The first-order valence-electron chi connectivity index (χ1n) is 2.71. The summed E-state index contributed by atoms with van der Waals surface area (Å²) >= 11 is 1.90. The van der Waals surface area contributed by atoms with Crippen molar-refractivity contribution < 1.29 is 5.11 Å². The second-order valence-corrected chi connectivity index (χ2v) is 2.30. The van der Waals surface area contributed by atoms with E-state index in [4.69, 9.17) is 5.11 Å². The zero-order valence-electron chi connectivity index (χ0n) is 5.95. The molecular formula is C7H10BrMgO+2. The van der Waals surface area contributed by atoms with Crippen LogP contribution in [0.4, 0.5) is 0 Å². The Morgan fingerprint density at radius 2 is 1.50 bits per heavy atom. The van der Waals surface area contributed by atoms with E-state index < -0.39 is 0 Å². The second-order valence-electron chi connectivity index (χ2n) is 1.49. The zero-order chi connectivity index (χ0) is 7.11. The molecule has 0 heterocycles. The van der Waals surface area contributed by atoms with Gasteiger partial charge in [-0.25, -0.2) is 0 Å². The maximum absolute atomic E-state index is 7.00. The van der Waals surface area contributed by atoms with E-state index in [1.807, 2.05) is 39.9 Å². The van der Waals surface area contributed by atoms with Crippen LogP contribution >= 0.6 is 17.0 Å². The van der Waals surface area contributed by atoms with Crippen molar-refractivity contribution in [3.63, 3.8) is 0 Å². The molecule has 1 aromatic rings. The largest absolute Gasteiger partial charge is 1.47 e. The Hall–Kier alpha value is 0.426. The van der Waals surface area contributed by atoms with Crippen LogP contribution in [-0.2, 0) is 0 Å². The first-order chi connectivity index (χ1) is 4.39. The summed E-state index contributed by atoms with van der Waals surface area (Å²) in [6.45, 7) is 0. The second kappa shape index (κ2) is 9.43. The molecule has 0 saturated carbocycles. The van der Waals surface area contributed by atoms with Crippen molar-refractivity contribution in [2.75, 3.05) is 7.11 Å². The van der Waals surface area contributed by atoms with Gasteiger partial charge in [0.15, 0.2) is 0 Å². The quantitative estimate of drug-likeness (QED) is 0.629. The topological polar surface area (TPSA) is 20.2 Å². The molecule has 1 nitrogen and oxygen atoms in total. The van der Waals surface area contributed by atoms with Crippen LogP contribution in [0.2, 0.25) is 0 Å². The average molecular weight is 214 g/mol. The molecule has 0 saturated heterocycles. The van der Waals surface area contributed by atoms with Crippen LogP contribution in [0.15, 0.2) is 30.3 Å². The number of aliphatic hydroxyl groups is 1. The van der Waals surface area contributed by atoms with E-state index in [-0.39, 0.29) is 17.0 Å². The van der Waals surface area contributed by atoms with Crippen molar-refractivity contribution in [3.05, 3.63) is 30.3 Å². The van der Waals surface area contributed by atoms with E-state index in [9.17, 15) is 0 Å². The molecule has 10 heavy (non-hydrogen) atoms. The molecule has 0 atom stereocenters. The van der Waals surface area contributed by atoms with E-state index in [0.29, 0.717) is 0 Å². The van der Waals surface area contributed by atoms with Gasteiger partial charge in [-0.2, -0.15) is 0 Å². The molecule has 1 N–H and O–H groups in total. The third-order valence-corrected chi connectivity index (χ3v) is 1.31. The molecule has 0 aliphatic carbocycles. The molecule has 0 aliphatic rings. The Kier molecular flexibility index (Phi) is 12.3. The molecule has 1 rings (SSSR count). The fourth-order valence-electron chi connectivity index (χ4n) is 0.478. The smallest absolute Gasteiger partial charge is 0.400 e. The van der Waals surface area contributed by atoms with Crippen LogP contribution in [0.1, 0.15) is 0 Å². The molecular weight excluding hydrogens is 204 g/mol. The van der Waals surface area contributed by atoms with Gasteiger partial charge >= 0.3 is 25.4 Å². The number of hydrogen-bond acceptors (Lipinski definition) is 1. The maximum Gasteiger partial charge on any atom is 1.47 e. The SMILES string of the molecule is Br.CO.[Mg+2][c]1ccccc1. The van der Waals surface area contributed by atoms with Crippen molar-refractivity contribution in [2.45, 2.75) is 0 Å². The standard InChI is InChI=1S/C6H5.CH4O.BrH.Mg/c1-2-4-6-5-3-1;1-2;;/h1-5H;2H,1H3;1H;/q;;;+2. The molecule has 51 valence electrons. The van der Waals surface area contributed by atoms with Gasteiger partial charge in [-0.1, -0.05) is 18.2 Å². The lowest BCUT2D eigenvalue weighted by molar-refractivity contribution is 0.399. The summed E-state index contributed by atoms with van der Waals surface area (Å²) in [5.41, 5.74) is 0. The molecule has 0 unspecified atom stereocenters. The van der Waals surface area contributed by atoms with E-state index in [0.717, 1.165) is 7.11 Å². The Labute approximate surface area is 84.7 Å². The van der Waals surface area contributed by atoms with Gasteiger partial charge in [0, 0.05) is 19.2 Å². The summed E-state index contributed by atoms with van der Waals surface area (Å²) in [6.07, 6.45) is 0. The molecule has 7 radical (unpaired) electrons. The molecule has 0 bridgehead atoms. The van der Waals surface area contributed by atoms with Crippen LogP contribution in [0.3, 0.4) is 0 Å². The van der Waals surface area contributed by atoms with Crippen LogP contribution < -0.4 is 3.69 Å². The van der Waals surface area contributed by atoms with Crippen molar-refractivity contribution in [3.8, 4) is 0 Å². The van der Waals surface area contributed by atoms with E-state index in [2.05, 4.69) is 12.1 Å². The first kappa shape index (κ1) is 13.0. The lowest BCUT2D eigenvalue weighted by Crippen LogP contribution is -1.97. The lowest BCUT2D eigenvalue weighted by Gasteiger charge is -1.65. The van der Waals surface area contributed by atoms with Gasteiger partial charge in [0.2, 0.25) is 0 Å². The van der Waals surface area contributed by atoms with Crippen LogP contribution in [-0.4, -0.2) is 33.9 Å². The minimum Gasteiger partial charge on any atom is -0.400 e. The summed E-state index contributed by atoms with van der Waals surface area (Å²) in [7, 11) is 1.00. The Morgan fingerprint density at radius 1 is 1.10 bits per heavy atom. The minimum absolute atomic E-state index is 0. The van der Waals surface area contributed by atoms with Gasteiger partial charge in [0.05, 0.1) is 0 Å².